The Morgan fingerprint density at radius 1 is 1.08 bits per heavy atom. The van der Waals surface area contributed by atoms with Gasteiger partial charge in [0.1, 0.15) is 29.4 Å². The van der Waals surface area contributed by atoms with Crippen LogP contribution in [0, 0.1) is 10.1 Å². The van der Waals surface area contributed by atoms with Crippen molar-refractivity contribution in [1.82, 2.24) is 15.0 Å². The fraction of sp³-hybridized carbons (Fsp3) is 0. The molecule has 9 heteroatoms. The minimum Gasteiger partial charge on any atom is -0.453 e. The summed E-state index contributed by atoms with van der Waals surface area (Å²) in [6.07, 6.45) is 2.11. The average Bonchev–Trinajstić information content (AvgIpc) is 2.60. The molecule has 1 aromatic heterocycles. The highest BCUT2D eigenvalue weighted by molar-refractivity contribution is 5.77. The van der Waals surface area contributed by atoms with Crippen LogP contribution in [0.4, 0.5) is 5.69 Å². The molecule has 2 heterocycles. The molecule has 4 rings (SSSR count). The molecule has 0 spiro atoms. The highest BCUT2D eigenvalue weighted by Crippen LogP contribution is 2.28. The van der Waals surface area contributed by atoms with Crippen LogP contribution in [0.25, 0.3) is 22.6 Å². The van der Waals surface area contributed by atoms with E-state index in [9.17, 15) is 14.9 Å². The van der Waals surface area contributed by atoms with Crippen molar-refractivity contribution in [2.45, 2.75) is 0 Å². The van der Waals surface area contributed by atoms with E-state index < -0.39 is 4.92 Å². The molecule has 0 saturated heterocycles. The van der Waals surface area contributed by atoms with Crippen LogP contribution in [-0.4, -0.2) is 19.9 Å². The van der Waals surface area contributed by atoms with Crippen molar-refractivity contribution in [3.8, 4) is 23.2 Å². The summed E-state index contributed by atoms with van der Waals surface area (Å²) in [6, 6.07) is 9.22. The zero-order valence-electron chi connectivity index (χ0n) is 12.4. The summed E-state index contributed by atoms with van der Waals surface area (Å²) in [4.78, 5) is 33.4. The maximum Gasteiger partial charge on any atom is 0.322 e. The van der Waals surface area contributed by atoms with E-state index in [1.165, 1.54) is 12.1 Å². The number of benzene rings is 2. The monoisotopic (exact) mass is 336 g/mol. The number of rotatable bonds is 3. The van der Waals surface area contributed by atoms with Crippen LogP contribution in [0.1, 0.15) is 0 Å². The number of fused-ring (bicyclic) bond motifs is 2. The Balaban J connectivity index is 1.70. The van der Waals surface area contributed by atoms with Gasteiger partial charge in [-0.2, -0.15) is 9.97 Å². The summed E-state index contributed by atoms with van der Waals surface area (Å²) in [7, 11) is 0. The molecule has 0 radical (unpaired) electrons. The molecule has 0 unspecified atom stereocenters. The van der Waals surface area contributed by atoms with E-state index in [0.29, 0.717) is 28.3 Å². The third-order valence-corrected chi connectivity index (χ3v) is 3.36. The molecule has 0 saturated carbocycles. The Morgan fingerprint density at radius 2 is 1.88 bits per heavy atom. The Bertz CT molecular complexity index is 1120. The van der Waals surface area contributed by atoms with Crippen LogP contribution in [0.2, 0.25) is 0 Å². The van der Waals surface area contributed by atoms with E-state index >= 15 is 0 Å². The van der Waals surface area contributed by atoms with E-state index in [2.05, 4.69) is 15.0 Å². The van der Waals surface area contributed by atoms with Crippen molar-refractivity contribution in [3.05, 3.63) is 69.1 Å². The maximum absolute atomic E-state index is 11.4. The van der Waals surface area contributed by atoms with Crippen molar-refractivity contribution in [2.24, 2.45) is 0 Å². The predicted octanol–water partition coefficient (Wildman–Crippen LogP) is 2.78. The first-order valence-corrected chi connectivity index (χ1v) is 7.07. The van der Waals surface area contributed by atoms with Gasteiger partial charge < -0.3 is 9.15 Å². The molecule has 122 valence electrons. The molecule has 0 atom stereocenters. The van der Waals surface area contributed by atoms with Crippen molar-refractivity contribution in [3.63, 3.8) is 0 Å². The van der Waals surface area contributed by atoms with Crippen molar-refractivity contribution in [2.75, 3.05) is 0 Å². The highest BCUT2D eigenvalue weighted by atomic mass is 16.6. The molecule has 1 aliphatic heterocycles. The van der Waals surface area contributed by atoms with E-state index in [1.54, 1.807) is 24.3 Å². The second-order valence-electron chi connectivity index (χ2n) is 5.06. The zero-order valence-corrected chi connectivity index (χ0v) is 12.4. The number of hydrogen-bond acceptors (Lipinski definition) is 8. The second kappa shape index (κ2) is 5.64. The fourth-order valence-electron chi connectivity index (χ4n) is 2.21. The quantitative estimate of drug-likeness (QED) is 0.318. The minimum absolute atomic E-state index is 0.0412. The number of nitro groups is 1. The molecular weight excluding hydrogens is 328 g/mol. The lowest BCUT2D eigenvalue weighted by Crippen LogP contribution is -1.99. The summed E-state index contributed by atoms with van der Waals surface area (Å²) >= 11 is 0. The number of hydrogen-bond donors (Lipinski definition) is 0. The van der Waals surface area contributed by atoms with Crippen LogP contribution >= 0.6 is 0 Å². The number of nitrogens with zero attached hydrogens (tertiary/aromatic N) is 4. The summed E-state index contributed by atoms with van der Waals surface area (Å²) in [5.74, 6) is 0.730. The Hall–Kier alpha value is -3.88. The van der Waals surface area contributed by atoms with Gasteiger partial charge in [0, 0.05) is 12.1 Å². The van der Waals surface area contributed by atoms with Gasteiger partial charge in [0.25, 0.3) is 0 Å². The Morgan fingerprint density at radius 3 is 2.64 bits per heavy atom. The highest BCUT2D eigenvalue weighted by Gasteiger charge is 2.12. The van der Waals surface area contributed by atoms with Gasteiger partial charge in [-0.1, -0.05) is 0 Å². The molecular formula is C16H8N4O5. The van der Waals surface area contributed by atoms with Gasteiger partial charge in [-0.3, -0.25) is 14.9 Å². The molecule has 0 bridgehead atoms. The molecule has 0 N–H and O–H groups in total. The summed E-state index contributed by atoms with van der Waals surface area (Å²) in [5.41, 5.74) is 1.16. The van der Waals surface area contributed by atoms with Crippen LogP contribution in [0.15, 0.2) is 58.0 Å². The van der Waals surface area contributed by atoms with Crippen LogP contribution in [0.3, 0.4) is 0 Å². The van der Waals surface area contributed by atoms with Gasteiger partial charge in [-0.15, -0.1) is 0 Å². The van der Waals surface area contributed by atoms with E-state index in [1.807, 2.05) is 0 Å². The molecule has 2 aromatic rings. The van der Waals surface area contributed by atoms with Gasteiger partial charge in [-0.25, -0.2) is 4.98 Å². The zero-order chi connectivity index (χ0) is 17.4. The normalized spacial score (nSPS) is 10.9. The largest absolute Gasteiger partial charge is 0.453 e. The lowest BCUT2D eigenvalue weighted by molar-refractivity contribution is -0.385. The van der Waals surface area contributed by atoms with Crippen molar-refractivity contribution >= 4 is 16.8 Å². The molecule has 2 aliphatic rings. The second-order valence-corrected chi connectivity index (χ2v) is 5.06. The van der Waals surface area contributed by atoms with E-state index in [4.69, 9.17) is 9.15 Å². The Labute approximate surface area is 139 Å². The third-order valence-electron chi connectivity index (χ3n) is 3.36. The number of ether oxygens (including phenoxy) is 1. The van der Waals surface area contributed by atoms with E-state index in [0.717, 1.165) is 12.4 Å². The summed E-state index contributed by atoms with van der Waals surface area (Å²) < 4.78 is 11.1. The van der Waals surface area contributed by atoms with Gasteiger partial charge in [0.2, 0.25) is 0 Å². The lowest BCUT2D eigenvalue weighted by Gasteiger charge is -2.07. The summed E-state index contributed by atoms with van der Waals surface area (Å²) in [5, 5.41) is 10.6. The standard InChI is InChI=1S/C16H8N4O5/c21-10-1-3-12-14(5-10)25-15-6-11(2-4-13(15)19-12)24-16-17-7-9(8-18-16)20(22)23/h1-8H. The molecule has 0 amide bonds. The third kappa shape index (κ3) is 2.85. The smallest absolute Gasteiger partial charge is 0.322 e. The van der Waals surface area contributed by atoms with Gasteiger partial charge in [0.15, 0.2) is 16.8 Å². The van der Waals surface area contributed by atoms with Gasteiger partial charge in [-0.05, 0) is 24.3 Å². The maximum atomic E-state index is 11.4. The first-order valence-electron chi connectivity index (χ1n) is 7.07. The molecule has 9 nitrogen and oxygen atoms in total. The Kier molecular flexibility index (Phi) is 3.31. The minimum atomic E-state index is -0.597. The van der Waals surface area contributed by atoms with Gasteiger partial charge in [0.05, 0.1) is 4.92 Å². The number of aromatic nitrogens is 3. The molecule has 25 heavy (non-hydrogen) atoms. The first-order chi connectivity index (χ1) is 12.1. The molecule has 1 aliphatic carbocycles. The van der Waals surface area contributed by atoms with E-state index in [-0.39, 0.29) is 17.1 Å². The average molecular weight is 336 g/mol. The first kappa shape index (κ1) is 14.7. The molecule has 1 aromatic carbocycles. The lowest BCUT2D eigenvalue weighted by atomic mass is 10.2. The SMILES string of the molecule is O=c1ccc2nc3ccc(Oc4ncc([N+](=O)[O-])cn4)cc3oc-2c1. The summed E-state index contributed by atoms with van der Waals surface area (Å²) in [6.45, 7) is 0. The van der Waals surface area contributed by atoms with Gasteiger partial charge >= 0.3 is 11.7 Å². The van der Waals surface area contributed by atoms with Crippen molar-refractivity contribution in [1.29, 1.82) is 0 Å². The fourth-order valence-corrected chi connectivity index (χ4v) is 2.21. The van der Waals surface area contributed by atoms with Crippen LogP contribution in [0.5, 0.6) is 11.8 Å². The van der Waals surface area contributed by atoms with Crippen molar-refractivity contribution < 1.29 is 14.1 Å². The van der Waals surface area contributed by atoms with Crippen LogP contribution < -0.4 is 10.2 Å². The van der Waals surface area contributed by atoms with Crippen LogP contribution in [-0.2, 0) is 0 Å². The topological polar surface area (TPSA) is 121 Å². The molecule has 0 fully saturated rings. The predicted molar refractivity (Wildman–Crippen MR) is 85.7 cm³/mol.